The zero-order valence-electron chi connectivity index (χ0n) is 15.2. The molecule has 1 aromatic carbocycles. The Labute approximate surface area is 150 Å². The van der Waals surface area contributed by atoms with Crippen molar-refractivity contribution >= 4 is 0 Å². The topological polar surface area (TPSA) is 45.2 Å². The van der Waals surface area contributed by atoms with Gasteiger partial charge in [-0.2, -0.15) is 0 Å². The van der Waals surface area contributed by atoms with Crippen LogP contribution in [-0.2, 0) is 6.42 Å². The summed E-state index contributed by atoms with van der Waals surface area (Å²) in [6, 6.07) is 7.53. The summed E-state index contributed by atoms with van der Waals surface area (Å²) in [6.07, 6.45) is 4.60. The Bertz CT molecular complexity index is 594. The molecule has 0 saturated carbocycles. The van der Waals surface area contributed by atoms with Crippen molar-refractivity contribution in [3.63, 3.8) is 0 Å². The van der Waals surface area contributed by atoms with Gasteiger partial charge in [-0.05, 0) is 55.8 Å². The molecule has 4 rings (SSSR count). The van der Waals surface area contributed by atoms with Gasteiger partial charge in [-0.25, -0.2) is 0 Å². The van der Waals surface area contributed by atoms with E-state index < -0.39 is 0 Å². The molecule has 0 bridgehead atoms. The minimum Gasteiger partial charge on any atom is -0.454 e. The highest BCUT2D eigenvalue weighted by Crippen LogP contribution is 2.33. The summed E-state index contributed by atoms with van der Waals surface area (Å²) in [5, 5.41) is 9.46. The molecule has 0 spiro atoms. The molecule has 1 aromatic rings. The third-order valence-electron chi connectivity index (χ3n) is 5.94. The second-order valence-electron chi connectivity index (χ2n) is 7.91. The molecule has 2 saturated heterocycles. The fourth-order valence-corrected chi connectivity index (χ4v) is 4.73. The molecule has 3 aliphatic heterocycles. The lowest BCUT2D eigenvalue weighted by atomic mass is 9.97. The van der Waals surface area contributed by atoms with Gasteiger partial charge in [0.2, 0.25) is 6.79 Å². The van der Waals surface area contributed by atoms with Gasteiger partial charge in [0.25, 0.3) is 0 Å². The van der Waals surface area contributed by atoms with Gasteiger partial charge in [0.15, 0.2) is 11.5 Å². The number of hydrogen-bond acceptors (Lipinski definition) is 5. The molecule has 0 radical (unpaired) electrons. The molecule has 5 heteroatoms. The average Bonchev–Trinajstić information content (AvgIpc) is 3.23. The first-order chi connectivity index (χ1) is 12.2. The molecule has 1 N–H and O–H groups in total. The van der Waals surface area contributed by atoms with Crippen molar-refractivity contribution < 1.29 is 14.6 Å². The lowest BCUT2D eigenvalue weighted by molar-refractivity contribution is 0.0300. The smallest absolute Gasteiger partial charge is 0.231 e. The van der Waals surface area contributed by atoms with Crippen molar-refractivity contribution in [2.45, 2.75) is 44.7 Å². The number of hydrogen-bond donors (Lipinski definition) is 1. The van der Waals surface area contributed by atoms with Crippen LogP contribution in [0.4, 0.5) is 0 Å². The van der Waals surface area contributed by atoms with Crippen molar-refractivity contribution in [1.82, 2.24) is 9.80 Å². The Hall–Kier alpha value is -1.30. The molecule has 5 nitrogen and oxygen atoms in total. The van der Waals surface area contributed by atoms with E-state index in [4.69, 9.17) is 9.47 Å². The predicted octanol–water partition coefficient (Wildman–Crippen LogP) is 2.12. The van der Waals surface area contributed by atoms with Gasteiger partial charge in [-0.1, -0.05) is 13.0 Å². The van der Waals surface area contributed by atoms with Crippen LogP contribution in [0.2, 0.25) is 0 Å². The number of rotatable bonds is 6. The highest BCUT2D eigenvalue weighted by molar-refractivity contribution is 5.44. The van der Waals surface area contributed by atoms with Crippen LogP contribution in [0.1, 0.15) is 31.7 Å². The number of aliphatic hydroxyl groups is 1. The van der Waals surface area contributed by atoms with E-state index >= 15 is 0 Å². The van der Waals surface area contributed by atoms with E-state index in [0.29, 0.717) is 18.8 Å². The van der Waals surface area contributed by atoms with Gasteiger partial charge in [-0.15, -0.1) is 0 Å². The zero-order valence-corrected chi connectivity index (χ0v) is 15.2. The maximum Gasteiger partial charge on any atom is 0.231 e. The highest BCUT2D eigenvalue weighted by Gasteiger charge is 2.36. The Morgan fingerprint density at radius 2 is 2.12 bits per heavy atom. The molecule has 2 fully saturated rings. The molecule has 138 valence electrons. The number of aliphatic hydroxyl groups excluding tert-OH is 1. The maximum absolute atomic E-state index is 9.46. The molecule has 0 aromatic heterocycles. The predicted molar refractivity (Wildman–Crippen MR) is 97.1 cm³/mol. The second-order valence-corrected chi connectivity index (χ2v) is 7.91. The van der Waals surface area contributed by atoms with Crippen molar-refractivity contribution in [3.8, 4) is 11.5 Å². The summed E-state index contributed by atoms with van der Waals surface area (Å²) >= 11 is 0. The van der Waals surface area contributed by atoms with Crippen LogP contribution in [0.15, 0.2) is 18.2 Å². The molecule has 0 unspecified atom stereocenters. The molecular weight excluding hydrogens is 316 g/mol. The van der Waals surface area contributed by atoms with E-state index in [-0.39, 0.29) is 6.61 Å². The fourth-order valence-electron chi connectivity index (χ4n) is 4.73. The standard InChI is InChI=1S/C20H30N2O3/c1-15(9-16-4-5-19-20(10-16)25-14-24-19)11-22-13-17-3-2-7-21(17)12-18(22)6-8-23/h4-5,10,15,17-18,23H,2-3,6-9,11-14H2,1H3/t15-,17-,18-/m1/s1. The van der Waals surface area contributed by atoms with Crippen molar-refractivity contribution in [1.29, 1.82) is 0 Å². The molecular formula is C20H30N2O3. The van der Waals surface area contributed by atoms with Crippen LogP contribution < -0.4 is 9.47 Å². The monoisotopic (exact) mass is 346 g/mol. The summed E-state index contributed by atoms with van der Waals surface area (Å²) in [5.74, 6) is 2.31. The quantitative estimate of drug-likeness (QED) is 0.855. The molecule has 3 atom stereocenters. The second kappa shape index (κ2) is 7.52. The number of fused-ring (bicyclic) bond motifs is 2. The van der Waals surface area contributed by atoms with E-state index in [9.17, 15) is 5.11 Å². The first-order valence-corrected chi connectivity index (χ1v) is 9.70. The molecule has 0 aliphatic carbocycles. The normalized spacial score (nSPS) is 27.4. The average molecular weight is 346 g/mol. The molecule has 0 amide bonds. The van der Waals surface area contributed by atoms with Crippen LogP contribution >= 0.6 is 0 Å². The minimum absolute atomic E-state index is 0.288. The largest absolute Gasteiger partial charge is 0.454 e. The number of benzene rings is 1. The van der Waals surface area contributed by atoms with Crippen LogP contribution in [0.3, 0.4) is 0 Å². The molecule has 3 heterocycles. The van der Waals surface area contributed by atoms with Crippen molar-refractivity contribution in [2.24, 2.45) is 5.92 Å². The summed E-state index contributed by atoms with van der Waals surface area (Å²) in [6.45, 7) is 7.59. The summed E-state index contributed by atoms with van der Waals surface area (Å²) < 4.78 is 10.9. The first kappa shape index (κ1) is 17.1. The third kappa shape index (κ3) is 3.78. The fraction of sp³-hybridized carbons (Fsp3) is 0.700. The van der Waals surface area contributed by atoms with Gasteiger partial charge in [0, 0.05) is 38.3 Å². The first-order valence-electron chi connectivity index (χ1n) is 9.70. The Balaban J connectivity index is 1.37. The van der Waals surface area contributed by atoms with Gasteiger partial charge in [0.05, 0.1) is 0 Å². The Morgan fingerprint density at radius 3 is 3.00 bits per heavy atom. The zero-order chi connectivity index (χ0) is 17.2. The van der Waals surface area contributed by atoms with Crippen molar-refractivity contribution in [2.75, 3.05) is 39.6 Å². The number of piperazine rings is 1. The van der Waals surface area contributed by atoms with Gasteiger partial charge in [0.1, 0.15) is 0 Å². The van der Waals surface area contributed by atoms with E-state index in [1.54, 1.807) is 0 Å². The van der Waals surface area contributed by atoms with Crippen molar-refractivity contribution in [3.05, 3.63) is 23.8 Å². The minimum atomic E-state index is 0.288. The number of ether oxygens (including phenoxy) is 2. The van der Waals surface area contributed by atoms with E-state index in [2.05, 4.69) is 28.9 Å². The molecule has 3 aliphatic rings. The van der Waals surface area contributed by atoms with E-state index in [1.165, 1.54) is 24.9 Å². The van der Waals surface area contributed by atoms with Crippen LogP contribution in [-0.4, -0.2) is 66.6 Å². The van der Waals surface area contributed by atoms with Crippen LogP contribution in [0.25, 0.3) is 0 Å². The van der Waals surface area contributed by atoms with Crippen LogP contribution in [0.5, 0.6) is 11.5 Å². The maximum atomic E-state index is 9.46. The number of nitrogens with zero attached hydrogens (tertiary/aromatic N) is 2. The highest BCUT2D eigenvalue weighted by atomic mass is 16.7. The Morgan fingerprint density at radius 1 is 1.24 bits per heavy atom. The van der Waals surface area contributed by atoms with E-state index in [0.717, 1.165) is 50.0 Å². The van der Waals surface area contributed by atoms with Gasteiger partial charge >= 0.3 is 0 Å². The Kier molecular flexibility index (Phi) is 5.15. The lowest BCUT2D eigenvalue weighted by Crippen LogP contribution is -2.57. The molecule has 25 heavy (non-hydrogen) atoms. The lowest BCUT2D eigenvalue weighted by Gasteiger charge is -2.44. The van der Waals surface area contributed by atoms with Gasteiger partial charge in [-0.3, -0.25) is 9.80 Å². The summed E-state index contributed by atoms with van der Waals surface area (Å²) in [4.78, 5) is 5.28. The summed E-state index contributed by atoms with van der Waals surface area (Å²) in [7, 11) is 0. The van der Waals surface area contributed by atoms with E-state index in [1.807, 2.05) is 6.07 Å². The SMILES string of the molecule is C[C@H](Cc1ccc2c(c1)OCO2)CN1C[C@H]2CCCN2C[C@H]1CCO. The summed E-state index contributed by atoms with van der Waals surface area (Å²) in [5.41, 5.74) is 1.31. The van der Waals surface area contributed by atoms with Gasteiger partial charge < -0.3 is 14.6 Å². The van der Waals surface area contributed by atoms with Crippen LogP contribution in [0, 0.1) is 5.92 Å². The third-order valence-corrected chi connectivity index (χ3v) is 5.94.